The lowest BCUT2D eigenvalue weighted by Crippen LogP contribution is -2.19. The summed E-state index contributed by atoms with van der Waals surface area (Å²) >= 11 is 18.0. The molecule has 1 heterocycles. The average Bonchev–Trinajstić information content (AvgIpc) is 3.08. The van der Waals surface area contributed by atoms with Crippen LogP contribution in [0.2, 0.25) is 15.1 Å². The summed E-state index contributed by atoms with van der Waals surface area (Å²) in [5, 5.41) is 5.39. The summed E-state index contributed by atoms with van der Waals surface area (Å²) in [5.41, 5.74) is 3.99. The van der Waals surface area contributed by atoms with Crippen molar-refractivity contribution in [3.05, 3.63) is 81.0 Å². The Bertz CT molecular complexity index is 950. The zero-order valence-electron chi connectivity index (χ0n) is 13.4. The van der Waals surface area contributed by atoms with Gasteiger partial charge >= 0.3 is 0 Å². The second-order valence-corrected chi connectivity index (χ2v) is 6.62. The highest BCUT2D eigenvalue weighted by atomic mass is 35.5. The van der Waals surface area contributed by atoms with Gasteiger partial charge in [-0.15, -0.1) is 0 Å². The van der Waals surface area contributed by atoms with Crippen molar-refractivity contribution in [3.63, 3.8) is 0 Å². The molecule has 0 spiro atoms. The van der Waals surface area contributed by atoms with Gasteiger partial charge in [-0.2, -0.15) is 5.10 Å². The zero-order chi connectivity index (χ0) is 18.5. The third kappa shape index (κ3) is 4.67. The Hall–Kier alpha value is -2.27. The number of amides is 1. The van der Waals surface area contributed by atoms with Gasteiger partial charge in [0.25, 0.3) is 0 Å². The summed E-state index contributed by atoms with van der Waals surface area (Å²) in [5.74, 6) is 0.794. The Morgan fingerprint density at radius 2 is 1.81 bits per heavy atom. The van der Waals surface area contributed by atoms with E-state index >= 15 is 0 Å². The number of hydrogen-bond donors (Lipinski definition) is 1. The highest BCUT2D eigenvalue weighted by Gasteiger charge is 2.10. The van der Waals surface area contributed by atoms with Gasteiger partial charge in [-0.25, -0.2) is 5.43 Å². The molecule has 1 amide bonds. The van der Waals surface area contributed by atoms with E-state index in [0.29, 0.717) is 32.2 Å². The van der Waals surface area contributed by atoms with E-state index in [4.69, 9.17) is 39.2 Å². The maximum Gasteiger partial charge on any atom is 0.244 e. The molecule has 0 fully saturated rings. The predicted octanol–water partition coefficient (Wildman–Crippen LogP) is 5.60. The normalized spacial score (nSPS) is 11.0. The first-order valence-corrected chi connectivity index (χ1v) is 8.77. The van der Waals surface area contributed by atoms with Crippen LogP contribution in [0, 0.1) is 0 Å². The Labute approximate surface area is 165 Å². The molecule has 26 heavy (non-hydrogen) atoms. The van der Waals surface area contributed by atoms with Crippen molar-refractivity contribution in [1.29, 1.82) is 0 Å². The van der Waals surface area contributed by atoms with Crippen molar-refractivity contribution in [2.45, 2.75) is 6.42 Å². The molecular weight excluding hydrogens is 395 g/mol. The molecule has 0 radical (unpaired) electrons. The fourth-order valence-corrected chi connectivity index (χ4v) is 2.78. The Morgan fingerprint density at radius 3 is 2.58 bits per heavy atom. The molecule has 3 aromatic rings. The molecule has 1 aromatic heterocycles. The number of nitrogens with zero attached hydrogens (tertiary/aromatic N) is 1. The molecule has 7 heteroatoms. The number of benzene rings is 2. The van der Waals surface area contributed by atoms with Crippen molar-refractivity contribution in [3.8, 4) is 11.3 Å². The highest BCUT2D eigenvalue weighted by Crippen LogP contribution is 2.34. The fourth-order valence-electron chi connectivity index (χ4n) is 2.26. The van der Waals surface area contributed by atoms with Crippen LogP contribution < -0.4 is 5.43 Å². The lowest BCUT2D eigenvalue weighted by molar-refractivity contribution is -0.120. The number of rotatable bonds is 5. The third-order valence-electron chi connectivity index (χ3n) is 3.50. The van der Waals surface area contributed by atoms with E-state index in [1.807, 2.05) is 6.07 Å². The van der Waals surface area contributed by atoms with Gasteiger partial charge in [0.2, 0.25) is 5.91 Å². The molecule has 0 aliphatic rings. The lowest BCUT2D eigenvalue weighted by atomic mass is 10.1. The molecule has 0 unspecified atom stereocenters. The molecule has 1 N–H and O–H groups in total. The van der Waals surface area contributed by atoms with E-state index in [-0.39, 0.29) is 12.3 Å². The fraction of sp³-hybridized carbons (Fsp3) is 0.0526. The molecule has 0 saturated heterocycles. The smallest absolute Gasteiger partial charge is 0.244 e. The molecule has 0 aliphatic carbocycles. The molecule has 0 aliphatic heterocycles. The largest absolute Gasteiger partial charge is 0.455 e. The van der Waals surface area contributed by atoms with Gasteiger partial charge in [0.15, 0.2) is 0 Å². The summed E-state index contributed by atoms with van der Waals surface area (Å²) in [6.07, 6.45) is 1.62. The predicted molar refractivity (Wildman–Crippen MR) is 105 cm³/mol. The maximum atomic E-state index is 11.9. The molecule has 3 rings (SSSR count). The van der Waals surface area contributed by atoms with E-state index in [1.54, 1.807) is 48.5 Å². The van der Waals surface area contributed by atoms with Gasteiger partial charge in [0.1, 0.15) is 11.5 Å². The van der Waals surface area contributed by atoms with Crippen molar-refractivity contribution in [2.75, 3.05) is 0 Å². The zero-order valence-corrected chi connectivity index (χ0v) is 15.6. The molecule has 2 aromatic carbocycles. The molecule has 132 valence electrons. The van der Waals surface area contributed by atoms with Crippen molar-refractivity contribution < 1.29 is 9.21 Å². The second-order valence-electron chi connectivity index (χ2n) is 5.40. The SMILES string of the molecule is O=C(Cc1ccc(Cl)cc1)N/N=C\c1ccc(-c2cccc(Cl)c2Cl)o1. The standard InChI is InChI=1S/C19H13Cl3N2O2/c20-13-6-4-12(5-7-13)10-18(25)24-23-11-14-8-9-17(26-14)15-2-1-3-16(21)19(15)22/h1-9,11H,10H2,(H,24,25)/b23-11-. The van der Waals surface area contributed by atoms with E-state index in [9.17, 15) is 4.79 Å². The van der Waals surface area contributed by atoms with Gasteiger partial charge in [0, 0.05) is 10.6 Å². The average molecular weight is 408 g/mol. The molecule has 4 nitrogen and oxygen atoms in total. The summed E-state index contributed by atoms with van der Waals surface area (Å²) < 4.78 is 5.66. The summed E-state index contributed by atoms with van der Waals surface area (Å²) in [4.78, 5) is 11.9. The van der Waals surface area contributed by atoms with Crippen LogP contribution in [-0.2, 0) is 11.2 Å². The topological polar surface area (TPSA) is 54.6 Å². The minimum Gasteiger partial charge on any atom is -0.455 e. The Kier molecular flexibility index (Phi) is 5.99. The first-order chi connectivity index (χ1) is 12.5. The van der Waals surface area contributed by atoms with Crippen LogP contribution in [-0.4, -0.2) is 12.1 Å². The molecule has 0 atom stereocenters. The third-order valence-corrected chi connectivity index (χ3v) is 4.57. The summed E-state index contributed by atoms with van der Waals surface area (Å²) in [7, 11) is 0. The van der Waals surface area contributed by atoms with E-state index in [2.05, 4.69) is 10.5 Å². The molecular formula is C19H13Cl3N2O2. The van der Waals surface area contributed by atoms with Gasteiger partial charge in [-0.05, 0) is 42.0 Å². The van der Waals surface area contributed by atoms with Crippen molar-refractivity contribution >= 4 is 46.9 Å². The first kappa shape index (κ1) is 18.5. The number of furan rings is 1. The van der Waals surface area contributed by atoms with Crippen LogP contribution in [0.3, 0.4) is 0 Å². The van der Waals surface area contributed by atoms with E-state index in [0.717, 1.165) is 5.56 Å². The van der Waals surface area contributed by atoms with E-state index < -0.39 is 0 Å². The Balaban J connectivity index is 1.61. The van der Waals surface area contributed by atoms with Crippen LogP contribution in [0.15, 0.2) is 64.1 Å². The van der Waals surface area contributed by atoms with Crippen LogP contribution in [0.1, 0.15) is 11.3 Å². The number of carbonyl (C=O) groups excluding carboxylic acids is 1. The number of halogens is 3. The van der Waals surface area contributed by atoms with Crippen LogP contribution in [0.4, 0.5) is 0 Å². The van der Waals surface area contributed by atoms with Crippen LogP contribution >= 0.6 is 34.8 Å². The van der Waals surface area contributed by atoms with Crippen LogP contribution in [0.25, 0.3) is 11.3 Å². The lowest BCUT2D eigenvalue weighted by Gasteiger charge is -2.02. The van der Waals surface area contributed by atoms with Crippen molar-refractivity contribution in [1.82, 2.24) is 5.43 Å². The number of nitrogens with one attached hydrogen (secondary N) is 1. The van der Waals surface area contributed by atoms with Crippen molar-refractivity contribution in [2.24, 2.45) is 5.10 Å². The number of carbonyl (C=O) groups is 1. The van der Waals surface area contributed by atoms with Gasteiger partial charge in [-0.1, -0.05) is 53.0 Å². The monoisotopic (exact) mass is 406 g/mol. The van der Waals surface area contributed by atoms with Gasteiger partial charge in [0.05, 0.1) is 22.7 Å². The quantitative estimate of drug-likeness (QED) is 0.442. The number of hydrazone groups is 1. The minimum absolute atomic E-state index is 0.204. The highest BCUT2D eigenvalue weighted by molar-refractivity contribution is 6.43. The first-order valence-electron chi connectivity index (χ1n) is 7.63. The molecule has 0 saturated carbocycles. The molecule has 0 bridgehead atoms. The Morgan fingerprint density at radius 1 is 1.04 bits per heavy atom. The second kappa shape index (κ2) is 8.41. The van der Waals surface area contributed by atoms with Gasteiger partial charge in [-0.3, -0.25) is 4.79 Å². The van der Waals surface area contributed by atoms with Gasteiger partial charge < -0.3 is 4.42 Å². The maximum absolute atomic E-state index is 11.9. The minimum atomic E-state index is -0.242. The van der Waals surface area contributed by atoms with Crippen LogP contribution in [0.5, 0.6) is 0 Å². The summed E-state index contributed by atoms with van der Waals surface area (Å²) in [6.45, 7) is 0. The van der Waals surface area contributed by atoms with E-state index in [1.165, 1.54) is 6.21 Å². The summed E-state index contributed by atoms with van der Waals surface area (Å²) in [6, 6.07) is 15.8. The number of hydrogen-bond acceptors (Lipinski definition) is 3.